The van der Waals surface area contributed by atoms with Crippen LogP contribution in [0.2, 0.25) is 5.02 Å². The zero-order valence-electron chi connectivity index (χ0n) is 11.0. The minimum absolute atomic E-state index is 0.153. The van der Waals surface area contributed by atoms with Crippen LogP contribution in [0.25, 0.3) is 0 Å². The summed E-state index contributed by atoms with van der Waals surface area (Å²) >= 11 is 11.5. The Kier molecular flexibility index (Phi) is 5.69. The molecule has 0 aromatic heterocycles. The van der Waals surface area contributed by atoms with Gasteiger partial charge in [0.1, 0.15) is 5.82 Å². The van der Waals surface area contributed by atoms with Gasteiger partial charge in [0.05, 0.1) is 5.02 Å². The predicted molar refractivity (Wildman–Crippen MR) is 84.2 cm³/mol. The second kappa shape index (κ2) is 7.51. The Hall–Kier alpha value is -1.25. The van der Waals surface area contributed by atoms with E-state index in [1.54, 1.807) is 18.2 Å². The van der Waals surface area contributed by atoms with Crippen LogP contribution in [-0.2, 0) is 13.0 Å². The summed E-state index contributed by atoms with van der Waals surface area (Å²) in [5.74, 6) is 0.297. The summed E-state index contributed by atoms with van der Waals surface area (Å²) in [5.41, 5.74) is 2.75. The highest BCUT2D eigenvalue weighted by Gasteiger charge is 2.05. The predicted octanol–water partition coefficient (Wildman–Crippen LogP) is 5.26. The molecule has 106 valence electrons. The number of alkyl halides is 1. The van der Waals surface area contributed by atoms with Crippen LogP contribution in [0.4, 0.5) is 10.1 Å². The normalized spacial score (nSPS) is 10.6. The number of nitrogens with one attached hydrogen (secondary N) is 1. The number of halogens is 3. The van der Waals surface area contributed by atoms with Crippen molar-refractivity contribution in [1.82, 2.24) is 0 Å². The molecule has 0 spiro atoms. The average Bonchev–Trinajstić information content (AvgIpc) is 2.47. The molecule has 0 saturated heterocycles. The summed E-state index contributed by atoms with van der Waals surface area (Å²) in [5, 5.41) is 3.37. The lowest BCUT2D eigenvalue weighted by Gasteiger charge is -2.09. The summed E-state index contributed by atoms with van der Waals surface area (Å²) in [6, 6.07) is 13.1. The second-order valence-electron chi connectivity index (χ2n) is 4.56. The third kappa shape index (κ3) is 4.12. The van der Waals surface area contributed by atoms with Crippen LogP contribution in [0.1, 0.15) is 17.5 Å². The third-order valence-corrected chi connectivity index (χ3v) is 3.60. The summed E-state index contributed by atoms with van der Waals surface area (Å²) in [7, 11) is 0. The molecule has 0 bridgehead atoms. The Labute approximate surface area is 128 Å². The number of anilines is 1. The lowest BCUT2D eigenvalue weighted by molar-refractivity contribution is 0.613. The van der Waals surface area contributed by atoms with Crippen molar-refractivity contribution >= 4 is 28.9 Å². The molecule has 2 rings (SSSR count). The molecular formula is C16H16Cl2FN. The van der Waals surface area contributed by atoms with Crippen LogP contribution >= 0.6 is 23.2 Å². The fourth-order valence-electron chi connectivity index (χ4n) is 1.99. The number of benzene rings is 2. The van der Waals surface area contributed by atoms with Crippen molar-refractivity contribution in [2.45, 2.75) is 19.4 Å². The smallest absolute Gasteiger partial charge is 0.146 e. The summed E-state index contributed by atoms with van der Waals surface area (Å²) in [6.07, 6.45) is 1.90. The summed E-state index contributed by atoms with van der Waals surface area (Å²) < 4.78 is 13.8. The van der Waals surface area contributed by atoms with E-state index < -0.39 is 0 Å². The molecule has 0 aliphatic heterocycles. The highest BCUT2D eigenvalue weighted by Crippen LogP contribution is 2.19. The number of aryl methyl sites for hydroxylation is 1. The van der Waals surface area contributed by atoms with Gasteiger partial charge in [0, 0.05) is 23.7 Å². The fourth-order valence-corrected chi connectivity index (χ4v) is 2.32. The SMILES string of the molecule is Fc1c(Cl)cccc1CNc1cccc(CCCCl)c1. The maximum absolute atomic E-state index is 13.8. The molecule has 1 N–H and O–H groups in total. The molecule has 0 unspecified atom stereocenters. The lowest BCUT2D eigenvalue weighted by Crippen LogP contribution is -2.02. The van der Waals surface area contributed by atoms with E-state index in [0.717, 1.165) is 18.5 Å². The van der Waals surface area contributed by atoms with Gasteiger partial charge in [-0.05, 0) is 36.6 Å². The van der Waals surface area contributed by atoms with Crippen LogP contribution in [-0.4, -0.2) is 5.88 Å². The molecule has 4 heteroatoms. The quantitative estimate of drug-likeness (QED) is 0.717. The summed E-state index contributed by atoms with van der Waals surface area (Å²) in [4.78, 5) is 0. The molecule has 0 atom stereocenters. The van der Waals surface area contributed by atoms with Crippen LogP contribution in [0.5, 0.6) is 0 Å². The minimum Gasteiger partial charge on any atom is -0.381 e. The Morgan fingerprint density at radius 1 is 1.10 bits per heavy atom. The average molecular weight is 312 g/mol. The van der Waals surface area contributed by atoms with Gasteiger partial charge in [-0.2, -0.15) is 0 Å². The zero-order chi connectivity index (χ0) is 14.4. The molecule has 0 aliphatic rings. The van der Waals surface area contributed by atoms with E-state index in [9.17, 15) is 4.39 Å². The third-order valence-electron chi connectivity index (χ3n) is 3.04. The first-order valence-electron chi connectivity index (χ1n) is 6.52. The van der Waals surface area contributed by atoms with Crippen molar-refractivity contribution in [3.05, 3.63) is 64.4 Å². The van der Waals surface area contributed by atoms with Crippen LogP contribution in [0.3, 0.4) is 0 Å². The van der Waals surface area contributed by atoms with E-state index in [1.807, 2.05) is 12.1 Å². The van der Waals surface area contributed by atoms with Crippen molar-refractivity contribution in [2.24, 2.45) is 0 Å². The Morgan fingerprint density at radius 3 is 2.70 bits per heavy atom. The molecule has 0 amide bonds. The first-order chi connectivity index (χ1) is 9.70. The van der Waals surface area contributed by atoms with Crippen LogP contribution in [0.15, 0.2) is 42.5 Å². The summed E-state index contributed by atoms with van der Waals surface area (Å²) in [6.45, 7) is 0.408. The molecule has 0 radical (unpaired) electrons. The molecule has 0 heterocycles. The van der Waals surface area contributed by atoms with Gasteiger partial charge in [-0.15, -0.1) is 11.6 Å². The molecule has 0 aliphatic carbocycles. The molecule has 1 nitrogen and oxygen atoms in total. The Balaban J connectivity index is 2.01. The van der Waals surface area contributed by atoms with Crippen molar-refractivity contribution in [3.8, 4) is 0 Å². The Morgan fingerprint density at radius 2 is 1.90 bits per heavy atom. The van der Waals surface area contributed by atoms with Crippen LogP contribution in [0, 0.1) is 5.82 Å². The highest BCUT2D eigenvalue weighted by molar-refractivity contribution is 6.30. The van der Waals surface area contributed by atoms with E-state index in [0.29, 0.717) is 18.0 Å². The molecule has 0 saturated carbocycles. The number of rotatable bonds is 6. The van der Waals surface area contributed by atoms with E-state index in [1.165, 1.54) is 5.56 Å². The van der Waals surface area contributed by atoms with Gasteiger partial charge < -0.3 is 5.32 Å². The topological polar surface area (TPSA) is 12.0 Å². The van der Waals surface area contributed by atoms with Gasteiger partial charge in [0.25, 0.3) is 0 Å². The van der Waals surface area contributed by atoms with Crippen molar-refractivity contribution in [2.75, 3.05) is 11.2 Å². The molecule has 20 heavy (non-hydrogen) atoms. The highest BCUT2D eigenvalue weighted by atomic mass is 35.5. The lowest BCUT2D eigenvalue weighted by atomic mass is 10.1. The number of hydrogen-bond acceptors (Lipinski definition) is 1. The second-order valence-corrected chi connectivity index (χ2v) is 5.34. The first kappa shape index (κ1) is 15.1. The monoisotopic (exact) mass is 311 g/mol. The Bertz CT molecular complexity index is 572. The van der Waals surface area contributed by atoms with Crippen LogP contribution < -0.4 is 5.32 Å². The maximum Gasteiger partial charge on any atom is 0.146 e. The van der Waals surface area contributed by atoms with Crippen molar-refractivity contribution in [1.29, 1.82) is 0 Å². The molecule has 2 aromatic carbocycles. The van der Waals surface area contributed by atoms with Gasteiger partial charge in [0.2, 0.25) is 0 Å². The van der Waals surface area contributed by atoms with E-state index >= 15 is 0 Å². The largest absolute Gasteiger partial charge is 0.381 e. The fraction of sp³-hybridized carbons (Fsp3) is 0.250. The minimum atomic E-state index is -0.361. The van der Waals surface area contributed by atoms with E-state index in [4.69, 9.17) is 23.2 Å². The van der Waals surface area contributed by atoms with Gasteiger partial charge in [-0.25, -0.2) is 4.39 Å². The molecule has 2 aromatic rings. The molecular weight excluding hydrogens is 296 g/mol. The van der Waals surface area contributed by atoms with E-state index in [2.05, 4.69) is 17.4 Å². The van der Waals surface area contributed by atoms with Crippen molar-refractivity contribution < 1.29 is 4.39 Å². The standard InChI is InChI=1S/C16H16Cl2FN/c17-9-3-5-12-4-1-7-14(10-12)20-11-13-6-2-8-15(18)16(13)19/h1-2,4,6-8,10,20H,3,5,9,11H2. The van der Waals surface area contributed by atoms with Gasteiger partial charge in [-0.1, -0.05) is 35.9 Å². The van der Waals surface area contributed by atoms with Crippen molar-refractivity contribution in [3.63, 3.8) is 0 Å². The number of hydrogen-bond donors (Lipinski definition) is 1. The van der Waals surface area contributed by atoms with Gasteiger partial charge in [-0.3, -0.25) is 0 Å². The van der Waals surface area contributed by atoms with Gasteiger partial charge >= 0.3 is 0 Å². The maximum atomic E-state index is 13.8. The molecule has 0 fully saturated rings. The zero-order valence-corrected chi connectivity index (χ0v) is 12.5. The van der Waals surface area contributed by atoms with Gasteiger partial charge in [0.15, 0.2) is 0 Å². The first-order valence-corrected chi connectivity index (χ1v) is 7.43. The van der Waals surface area contributed by atoms with E-state index in [-0.39, 0.29) is 10.8 Å².